The number of amides is 2. The van der Waals surface area contributed by atoms with E-state index in [0.717, 1.165) is 22.4 Å². The molecule has 0 saturated heterocycles. The maximum absolute atomic E-state index is 13.7. The molecule has 190 valence electrons. The van der Waals surface area contributed by atoms with Gasteiger partial charge in [0.15, 0.2) is 11.5 Å². The third-order valence-corrected chi connectivity index (χ3v) is 7.41. The number of benzene rings is 2. The zero-order chi connectivity index (χ0) is 25.7. The molecule has 0 N–H and O–H groups in total. The highest BCUT2D eigenvalue weighted by atomic mass is 32.1. The summed E-state index contributed by atoms with van der Waals surface area (Å²) in [6.45, 7) is 7.51. The van der Waals surface area contributed by atoms with Crippen LogP contribution in [0, 0.1) is 18.7 Å². The largest absolute Gasteiger partial charge is 0.454 e. The number of aryl methyl sites for hydroxylation is 1. The van der Waals surface area contributed by atoms with E-state index < -0.39 is 5.82 Å². The van der Waals surface area contributed by atoms with Crippen molar-refractivity contribution in [2.24, 2.45) is 5.92 Å². The van der Waals surface area contributed by atoms with Gasteiger partial charge in [0.05, 0.1) is 6.54 Å². The summed E-state index contributed by atoms with van der Waals surface area (Å²) in [5, 5.41) is 2.02. The van der Waals surface area contributed by atoms with Crippen LogP contribution in [0.3, 0.4) is 0 Å². The molecule has 1 aliphatic rings. The molecule has 1 aromatic heterocycles. The Balaban J connectivity index is 1.57. The van der Waals surface area contributed by atoms with Gasteiger partial charge in [0, 0.05) is 23.5 Å². The highest BCUT2D eigenvalue weighted by Gasteiger charge is 2.25. The zero-order valence-electron chi connectivity index (χ0n) is 20.8. The fourth-order valence-electron chi connectivity index (χ4n) is 3.99. The van der Waals surface area contributed by atoms with Gasteiger partial charge in [-0.05, 0) is 71.8 Å². The molecular weight excluding hydrogens is 479 g/mol. The first kappa shape index (κ1) is 25.7. The summed E-state index contributed by atoms with van der Waals surface area (Å²) in [5.41, 5.74) is 2.41. The molecule has 4 rings (SSSR count). The van der Waals surface area contributed by atoms with Gasteiger partial charge in [-0.15, -0.1) is 11.3 Å². The van der Waals surface area contributed by atoms with E-state index >= 15 is 0 Å². The van der Waals surface area contributed by atoms with Crippen molar-refractivity contribution in [2.45, 2.75) is 40.3 Å². The molecule has 3 aromatic rings. The van der Waals surface area contributed by atoms with Gasteiger partial charge in [0.2, 0.25) is 12.7 Å². The van der Waals surface area contributed by atoms with Gasteiger partial charge in [0.25, 0.3) is 5.91 Å². The normalized spacial score (nSPS) is 12.9. The lowest BCUT2D eigenvalue weighted by Gasteiger charge is -2.29. The van der Waals surface area contributed by atoms with E-state index in [1.807, 2.05) is 36.6 Å². The molecule has 1 aliphatic heterocycles. The van der Waals surface area contributed by atoms with Crippen molar-refractivity contribution in [3.63, 3.8) is 0 Å². The number of carbonyl (C=O) groups excluding carboxylic acids is 2. The first-order valence-corrected chi connectivity index (χ1v) is 13.0. The zero-order valence-corrected chi connectivity index (χ0v) is 21.6. The van der Waals surface area contributed by atoms with E-state index in [1.54, 1.807) is 21.1 Å². The number of halogens is 1. The number of thiophene rings is 1. The summed E-state index contributed by atoms with van der Waals surface area (Å²) in [6, 6.07) is 13.2. The summed E-state index contributed by atoms with van der Waals surface area (Å²) < 4.78 is 24.4. The Morgan fingerprint density at radius 2 is 1.78 bits per heavy atom. The number of rotatable bonds is 10. The summed E-state index contributed by atoms with van der Waals surface area (Å²) in [5.74, 6) is 0.729. The minimum absolute atomic E-state index is 0.0600. The highest BCUT2D eigenvalue weighted by molar-refractivity contribution is 7.10. The summed E-state index contributed by atoms with van der Waals surface area (Å²) in [4.78, 5) is 31.5. The van der Waals surface area contributed by atoms with Crippen molar-refractivity contribution in [1.82, 2.24) is 9.80 Å². The van der Waals surface area contributed by atoms with E-state index in [-0.39, 0.29) is 31.1 Å². The second-order valence-corrected chi connectivity index (χ2v) is 10.2. The molecule has 0 aliphatic carbocycles. The first-order valence-electron chi connectivity index (χ1n) is 12.1. The fourth-order valence-corrected chi connectivity index (χ4v) is 4.92. The van der Waals surface area contributed by atoms with Crippen LogP contribution in [-0.4, -0.2) is 41.5 Å². The van der Waals surface area contributed by atoms with Gasteiger partial charge in [-0.3, -0.25) is 9.59 Å². The topological polar surface area (TPSA) is 59.1 Å². The van der Waals surface area contributed by atoms with Crippen LogP contribution >= 0.6 is 11.3 Å². The number of carbonyl (C=O) groups is 2. The smallest absolute Gasteiger partial charge is 0.254 e. The van der Waals surface area contributed by atoms with Gasteiger partial charge >= 0.3 is 0 Å². The van der Waals surface area contributed by atoms with Gasteiger partial charge in [0.1, 0.15) is 12.4 Å². The molecule has 0 radical (unpaired) electrons. The van der Waals surface area contributed by atoms with E-state index in [0.29, 0.717) is 36.7 Å². The molecule has 1 atom stereocenters. The Labute approximate surface area is 215 Å². The van der Waals surface area contributed by atoms with Crippen molar-refractivity contribution in [3.05, 3.63) is 81.3 Å². The van der Waals surface area contributed by atoms with Crippen molar-refractivity contribution >= 4 is 23.2 Å². The quantitative estimate of drug-likeness (QED) is 0.354. The van der Waals surface area contributed by atoms with E-state index in [2.05, 4.69) is 13.8 Å². The number of hydrogen-bond donors (Lipinski definition) is 0. The molecule has 2 aromatic carbocycles. The van der Waals surface area contributed by atoms with Crippen molar-refractivity contribution in [3.8, 4) is 11.5 Å². The van der Waals surface area contributed by atoms with Crippen LogP contribution in [0.2, 0.25) is 0 Å². The number of fused-ring (bicyclic) bond motifs is 1. The Hall–Kier alpha value is -3.39. The minimum atomic E-state index is -0.405. The molecule has 0 bridgehead atoms. The van der Waals surface area contributed by atoms with E-state index in [9.17, 15) is 14.0 Å². The Morgan fingerprint density at radius 3 is 2.47 bits per heavy atom. The first-order chi connectivity index (χ1) is 17.3. The predicted molar refractivity (Wildman–Crippen MR) is 138 cm³/mol. The molecule has 36 heavy (non-hydrogen) atoms. The van der Waals surface area contributed by atoms with Crippen LogP contribution in [0.5, 0.6) is 11.5 Å². The standard InChI is InChI=1S/C28H31FN2O4S/c1-4-19(2)14-31(28(33)22-6-8-23(29)9-7-22)17-27(32)30(16-26-20(3)11-12-36-26)15-21-5-10-24-25(13-21)35-18-34-24/h5-13,19H,4,14-18H2,1-3H3/t19-/m1/s1. The molecule has 0 saturated carbocycles. The highest BCUT2D eigenvalue weighted by Crippen LogP contribution is 2.33. The maximum Gasteiger partial charge on any atom is 0.254 e. The monoisotopic (exact) mass is 510 g/mol. The fraction of sp³-hybridized carbons (Fsp3) is 0.357. The molecule has 8 heteroatoms. The Morgan fingerprint density at radius 1 is 1.03 bits per heavy atom. The van der Waals surface area contributed by atoms with Gasteiger partial charge in [-0.25, -0.2) is 4.39 Å². The Bertz CT molecular complexity index is 1210. The minimum Gasteiger partial charge on any atom is -0.454 e. The van der Waals surface area contributed by atoms with Crippen molar-refractivity contribution in [2.75, 3.05) is 19.9 Å². The summed E-state index contributed by atoms with van der Waals surface area (Å²) in [7, 11) is 0. The third-order valence-electron chi connectivity index (χ3n) is 6.40. The average molecular weight is 511 g/mol. The second-order valence-electron chi connectivity index (χ2n) is 9.17. The predicted octanol–water partition coefficient (Wildman–Crippen LogP) is 5.64. The lowest BCUT2D eigenvalue weighted by molar-refractivity contribution is -0.133. The van der Waals surface area contributed by atoms with Gasteiger partial charge < -0.3 is 19.3 Å². The number of hydrogen-bond acceptors (Lipinski definition) is 5. The average Bonchev–Trinajstić information content (AvgIpc) is 3.51. The number of nitrogens with zero attached hydrogens (tertiary/aromatic N) is 2. The molecule has 0 spiro atoms. The van der Waals surface area contributed by atoms with Crippen LogP contribution in [0.4, 0.5) is 4.39 Å². The lowest BCUT2D eigenvalue weighted by atomic mass is 10.1. The maximum atomic E-state index is 13.7. The van der Waals surface area contributed by atoms with Gasteiger partial charge in [-0.1, -0.05) is 26.3 Å². The molecule has 2 amide bonds. The third kappa shape index (κ3) is 6.23. The van der Waals surface area contributed by atoms with Crippen molar-refractivity contribution < 1.29 is 23.5 Å². The molecule has 2 heterocycles. The summed E-state index contributed by atoms with van der Waals surface area (Å²) >= 11 is 1.61. The molecule has 0 fully saturated rings. The van der Waals surface area contributed by atoms with Crippen LogP contribution in [-0.2, 0) is 17.9 Å². The van der Waals surface area contributed by atoms with Gasteiger partial charge in [-0.2, -0.15) is 0 Å². The Kier molecular flexibility index (Phi) is 8.25. The van der Waals surface area contributed by atoms with Crippen LogP contribution < -0.4 is 9.47 Å². The van der Waals surface area contributed by atoms with Crippen LogP contribution in [0.25, 0.3) is 0 Å². The molecular formula is C28H31FN2O4S. The number of ether oxygens (including phenoxy) is 2. The van der Waals surface area contributed by atoms with E-state index in [4.69, 9.17) is 9.47 Å². The van der Waals surface area contributed by atoms with Crippen molar-refractivity contribution in [1.29, 1.82) is 0 Å². The molecule has 6 nitrogen and oxygen atoms in total. The van der Waals surface area contributed by atoms with Crippen LogP contribution in [0.15, 0.2) is 53.9 Å². The SMILES string of the molecule is CC[C@@H](C)CN(CC(=O)N(Cc1ccc2c(c1)OCO2)Cc1sccc1C)C(=O)c1ccc(F)cc1. The molecule has 0 unspecified atom stereocenters. The van der Waals surface area contributed by atoms with E-state index in [1.165, 1.54) is 24.3 Å². The lowest BCUT2D eigenvalue weighted by Crippen LogP contribution is -2.44. The summed E-state index contributed by atoms with van der Waals surface area (Å²) in [6.07, 6.45) is 0.872. The second kappa shape index (κ2) is 11.6. The van der Waals surface area contributed by atoms with Crippen LogP contribution in [0.1, 0.15) is 46.6 Å².